The fraction of sp³-hybridized carbons (Fsp3) is 0.304. The fourth-order valence-electron chi connectivity index (χ4n) is 2.66. The van der Waals surface area contributed by atoms with E-state index in [2.05, 4.69) is 0 Å². The van der Waals surface area contributed by atoms with E-state index in [1.807, 2.05) is 6.92 Å². The Kier molecular flexibility index (Phi) is 9.22. The number of nitro benzene ring substituents is 1. The number of ether oxygens (including phenoxy) is 4. The monoisotopic (exact) mass is 443 g/mol. The molecule has 9 heteroatoms. The zero-order chi connectivity index (χ0) is 23.5. The van der Waals surface area contributed by atoms with Crippen LogP contribution in [-0.2, 0) is 25.7 Å². The number of hydrogen-bond donors (Lipinski definition) is 0. The SMILES string of the molecule is CCOC(=O)C(=Cc1ccc(OCc2ccc([N+](=O)[O-])cc2)c(OCC)c1)C(=O)OCC. The third-order valence-electron chi connectivity index (χ3n) is 4.11. The number of carbonyl (C=O) groups is 2. The summed E-state index contributed by atoms with van der Waals surface area (Å²) in [4.78, 5) is 34.7. The van der Waals surface area contributed by atoms with Crippen LogP contribution in [0.3, 0.4) is 0 Å². The minimum absolute atomic E-state index is 0.00102. The molecule has 0 saturated heterocycles. The summed E-state index contributed by atoms with van der Waals surface area (Å²) in [6.45, 7) is 5.87. The van der Waals surface area contributed by atoms with Crippen molar-refractivity contribution in [2.75, 3.05) is 19.8 Å². The molecule has 170 valence electrons. The lowest BCUT2D eigenvalue weighted by atomic mass is 10.1. The van der Waals surface area contributed by atoms with Crippen LogP contribution in [0.5, 0.6) is 11.5 Å². The highest BCUT2D eigenvalue weighted by atomic mass is 16.6. The Morgan fingerprint density at radius 1 is 0.875 bits per heavy atom. The lowest BCUT2D eigenvalue weighted by Crippen LogP contribution is -2.18. The Hall–Kier alpha value is -3.88. The van der Waals surface area contributed by atoms with Crippen LogP contribution in [-0.4, -0.2) is 36.7 Å². The van der Waals surface area contributed by atoms with Gasteiger partial charge in [0.05, 0.1) is 24.7 Å². The van der Waals surface area contributed by atoms with Crippen LogP contribution in [0.1, 0.15) is 31.9 Å². The predicted molar refractivity (Wildman–Crippen MR) is 116 cm³/mol. The van der Waals surface area contributed by atoms with Gasteiger partial charge in [-0.05, 0) is 62.2 Å². The Morgan fingerprint density at radius 3 is 2.03 bits per heavy atom. The molecule has 0 radical (unpaired) electrons. The van der Waals surface area contributed by atoms with Crippen LogP contribution < -0.4 is 9.47 Å². The van der Waals surface area contributed by atoms with E-state index < -0.39 is 16.9 Å². The molecule has 0 spiro atoms. The minimum Gasteiger partial charge on any atom is -0.490 e. The predicted octanol–water partition coefficient (Wildman–Crippen LogP) is 4.08. The van der Waals surface area contributed by atoms with E-state index in [1.54, 1.807) is 44.2 Å². The summed E-state index contributed by atoms with van der Waals surface area (Å²) in [5.74, 6) is -0.698. The second-order valence-electron chi connectivity index (χ2n) is 6.35. The normalized spacial score (nSPS) is 10.1. The lowest BCUT2D eigenvalue weighted by molar-refractivity contribution is -0.384. The molecule has 0 N–H and O–H groups in total. The summed E-state index contributed by atoms with van der Waals surface area (Å²) in [7, 11) is 0. The van der Waals surface area contributed by atoms with Crippen molar-refractivity contribution in [3.05, 3.63) is 69.3 Å². The molecule has 9 nitrogen and oxygen atoms in total. The number of rotatable bonds is 11. The van der Waals surface area contributed by atoms with Gasteiger partial charge in [0.2, 0.25) is 0 Å². The molecule has 2 aromatic carbocycles. The average Bonchev–Trinajstić information content (AvgIpc) is 2.77. The van der Waals surface area contributed by atoms with Crippen LogP contribution in [0.15, 0.2) is 48.0 Å². The molecule has 0 bridgehead atoms. The summed E-state index contributed by atoms with van der Waals surface area (Å²) in [5, 5.41) is 10.8. The van der Waals surface area contributed by atoms with Crippen LogP contribution in [0, 0.1) is 10.1 Å². The largest absolute Gasteiger partial charge is 0.490 e. The smallest absolute Gasteiger partial charge is 0.345 e. The second kappa shape index (κ2) is 12.1. The topological polar surface area (TPSA) is 114 Å². The lowest BCUT2D eigenvalue weighted by Gasteiger charge is -2.13. The highest BCUT2D eigenvalue weighted by molar-refractivity contribution is 6.17. The number of esters is 2. The van der Waals surface area contributed by atoms with Crippen LogP contribution in [0.2, 0.25) is 0 Å². The van der Waals surface area contributed by atoms with Gasteiger partial charge < -0.3 is 18.9 Å². The van der Waals surface area contributed by atoms with E-state index in [1.165, 1.54) is 18.2 Å². The third kappa shape index (κ3) is 6.83. The maximum absolute atomic E-state index is 12.2. The maximum atomic E-state index is 12.2. The van der Waals surface area contributed by atoms with Gasteiger partial charge in [0.25, 0.3) is 5.69 Å². The minimum atomic E-state index is -0.776. The van der Waals surface area contributed by atoms with Gasteiger partial charge >= 0.3 is 11.9 Å². The van der Waals surface area contributed by atoms with Crippen molar-refractivity contribution in [1.82, 2.24) is 0 Å². The molecule has 0 unspecified atom stereocenters. The third-order valence-corrected chi connectivity index (χ3v) is 4.11. The van der Waals surface area contributed by atoms with Gasteiger partial charge in [-0.15, -0.1) is 0 Å². The Balaban J connectivity index is 2.26. The Morgan fingerprint density at radius 2 is 1.50 bits per heavy atom. The highest BCUT2D eigenvalue weighted by Gasteiger charge is 2.21. The molecule has 2 rings (SSSR count). The molecule has 0 fully saturated rings. The van der Waals surface area contributed by atoms with Crippen molar-refractivity contribution in [3.63, 3.8) is 0 Å². The first-order chi connectivity index (χ1) is 15.4. The van der Waals surface area contributed by atoms with Gasteiger partial charge in [-0.2, -0.15) is 0 Å². The van der Waals surface area contributed by atoms with E-state index in [-0.39, 0.29) is 31.1 Å². The van der Waals surface area contributed by atoms with E-state index in [0.717, 1.165) is 5.56 Å². The van der Waals surface area contributed by atoms with Gasteiger partial charge in [0.15, 0.2) is 11.5 Å². The van der Waals surface area contributed by atoms with E-state index in [9.17, 15) is 19.7 Å². The van der Waals surface area contributed by atoms with Crippen LogP contribution in [0.4, 0.5) is 5.69 Å². The number of hydrogen-bond acceptors (Lipinski definition) is 8. The molecule has 0 aliphatic heterocycles. The summed E-state index contributed by atoms with van der Waals surface area (Å²) in [5.41, 5.74) is 1.04. The first-order valence-electron chi connectivity index (χ1n) is 10.1. The van der Waals surface area contributed by atoms with Crippen molar-refractivity contribution in [3.8, 4) is 11.5 Å². The Labute approximate surface area is 185 Å². The van der Waals surface area contributed by atoms with E-state index in [4.69, 9.17) is 18.9 Å². The Bertz CT molecular complexity index is 962. The van der Waals surface area contributed by atoms with Crippen molar-refractivity contribution in [2.45, 2.75) is 27.4 Å². The molecule has 0 saturated carbocycles. The van der Waals surface area contributed by atoms with Gasteiger partial charge in [0, 0.05) is 12.1 Å². The van der Waals surface area contributed by atoms with E-state index in [0.29, 0.717) is 23.7 Å². The van der Waals surface area contributed by atoms with Crippen LogP contribution in [0.25, 0.3) is 6.08 Å². The molecule has 0 heterocycles. The summed E-state index contributed by atoms with van der Waals surface area (Å²) >= 11 is 0. The molecule has 32 heavy (non-hydrogen) atoms. The van der Waals surface area contributed by atoms with Crippen molar-refractivity contribution < 1.29 is 33.5 Å². The molecular weight excluding hydrogens is 418 g/mol. The van der Waals surface area contributed by atoms with Crippen molar-refractivity contribution in [2.24, 2.45) is 0 Å². The van der Waals surface area contributed by atoms with E-state index >= 15 is 0 Å². The van der Waals surface area contributed by atoms with Gasteiger partial charge in [-0.3, -0.25) is 10.1 Å². The second-order valence-corrected chi connectivity index (χ2v) is 6.35. The summed E-state index contributed by atoms with van der Waals surface area (Å²) in [6, 6.07) is 11.0. The molecule has 2 aromatic rings. The van der Waals surface area contributed by atoms with Crippen molar-refractivity contribution in [1.29, 1.82) is 0 Å². The molecule has 0 aliphatic rings. The van der Waals surface area contributed by atoms with Crippen molar-refractivity contribution >= 4 is 23.7 Å². The maximum Gasteiger partial charge on any atom is 0.345 e. The number of non-ortho nitro benzene ring substituents is 1. The standard InChI is InChI=1S/C23H25NO8/c1-4-29-21-14-17(13-19(22(25)30-5-2)23(26)31-6-3)9-12-20(21)32-15-16-7-10-18(11-8-16)24(27)28/h7-14H,4-6,15H2,1-3H3. The van der Waals surface area contributed by atoms with Gasteiger partial charge in [-0.1, -0.05) is 6.07 Å². The zero-order valence-corrected chi connectivity index (χ0v) is 18.2. The average molecular weight is 443 g/mol. The highest BCUT2D eigenvalue weighted by Crippen LogP contribution is 2.30. The number of nitrogens with zero attached hydrogens (tertiary/aromatic N) is 1. The molecule has 0 amide bonds. The molecular formula is C23H25NO8. The quantitative estimate of drug-likeness (QED) is 0.127. The summed E-state index contributed by atoms with van der Waals surface area (Å²) < 4.78 is 21.3. The molecule has 0 aliphatic carbocycles. The fourth-order valence-corrected chi connectivity index (χ4v) is 2.66. The first-order valence-corrected chi connectivity index (χ1v) is 10.1. The van der Waals surface area contributed by atoms with Gasteiger partial charge in [0.1, 0.15) is 12.2 Å². The number of benzene rings is 2. The van der Waals surface area contributed by atoms with Crippen LogP contribution >= 0.6 is 0 Å². The molecule has 0 aromatic heterocycles. The number of carbonyl (C=O) groups excluding carboxylic acids is 2. The van der Waals surface area contributed by atoms with Gasteiger partial charge in [-0.25, -0.2) is 9.59 Å². The number of nitro groups is 1. The summed E-state index contributed by atoms with van der Waals surface area (Å²) in [6.07, 6.45) is 1.37. The first kappa shape index (κ1) is 24.4. The molecule has 0 atom stereocenters. The zero-order valence-electron chi connectivity index (χ0n) is 18.2.